The van der Waals surface area contributed by atoms with Crippen LogP contribution < -0.4 is 31.9 Å². The van der Waals surface area contributed by atoms with Gasteiger partial charge in [0, 0.05) is 108 Å². The number of carbonyl (C=O) groups excluding carboxylic acids is 8. The number of β-amino-alcohol motifs (C(OH)–C–C–N with tert-alkyl or cyclic N) is 1. The lowest BCUT2D eigenvalue weighted by Crippen LogP contribution is -2.55. The number of carbonyl (C=O) groups is 8. The van der Waals surface area contributed by atoms with Crippen LogP contribution in [0.4, 0.5) is 0 Å². The number of amides is 7. The molecule has 4 fully saturated rings. The Morgan fingerprint density at radius 1 is 0.469 bits per heavy atom. The van der Waals surface area contributed by atoms with Crippen LogP contribution in [0.3, 0.4) is 0 Å². The molecule has 16 N–H and O–H groups in total. The molecule has 4 saturated heterocycles. The van der Waals surface area contributed by atoms with E-state index in [9.17, 15) is 89.4 Å². The monoisotopic (exact) mass is 1380 g/mol. The molecule has 7 amide bonds. The van der Waals surface area contributed by atoms with Crippen LogP contribution in [0.2, 0.25) is 0 Å². The van der Waals surface area contributed by atoms with Gasteiger partial charge in [-0.3, -0.25) is 38.4 Å². The number of nitrogens with one attached hydrogen (secondary N) is 6. The number of Topliss-reactive ketones (excluding diaryl/α,β-unsaturated/α-hetero) is 1. The van der Waals surface area contributed by atoms with Crippen LogP contribution in [0.5, 0.6) is 0 Å². The van der Waals surface area contributed by atoms with Gasteiger partial charge in [-0.15, -0.1) is 0 Å². The summed E-state index contributed by atoms with van der Waals surface area (Å²) >= 11 is 0. The Morgan fingerprint density at radius 3 is 1.19 bits per heavy atom. The topological polar surface area (TPSA) is 479 Å². The van der Waals surface area contributed by atoms with Crippen molar-refractivity contribution in [3.8, 4) is 0 Å². The Bertz CT molecular complexity index is 2230. The summed E-state index contributed by atoms with van der Waals surface area (Å²) in [4.78, 5) is 108. The van der Waals surface area contributed by atoms with Crippen molar-refractivity contribution >= 4 is 47.1 Å². The van der Waals surface area contributed by atoms with Crippen molar-refractivity contribution in [2.45, 2.75) is 242 Å². The summed E-state index contributed by atoms with van der Waals surface area (Å²) in [7, 11) is 1.49. The summed E-state index contributed by atoms with van der Waals surface area (Å²) in [6.07, 6.45) is -14.1. The quantitative estimate of drug-likeness (QED) is 0.0267. The van der Waals surface area contributed by atoms with Gasteiger partial charge in [0.05, 0.1) is 96.0 Å². The first kappa shape index (κ1) is 85.5. The maximum Gasteiger partial charge on any atom is 0.223 e. The standard InChI is InChI=1S/C60H105N7O25.C4H10/c1-35-51(80)54(83)41(31-68)90-57(35)87-26-15-46(75)61-21-6-9-39(71)12-18-60(66-49(78)10-5-11-50(79)67-30-40(72)29-38(67)34-86-4,19-13-44(73)62-22-7-24-64-47(76)16-27-88-58-36(2)52(81)55(84)42(32-69)91-58)20-14-45(74)63-23-8-25-65-48(77)17-28-89-59-37(3)53(82)56(85)43(33-70)92-59;1-4(2)3/h35-38,40-43,51-59,68-70,72,80-85H,5-34H2,1-4H3,(H,61,75)(H,62,73)(H,63,74)(H,64,76)(H,65,77)(H,66,78);4H,1-3H3/t35?,36?,37?,38-,40+,41?,42?,43?,51+,52+,53+,54-,55-,56-,57+,58+,59+,60?;/m0./s1. The number of rotatable bonds is 43. The third-order valence-corrected chi connectivity index (χ3v) is 17.2. The molecule has 4 rings (SSSR count). The minimum atomic E-state index is -1.34. The first-order valence-electron chi connectivity index (χ1n) is 34.0. The third kappa shape index (κ3) is 30.8. The van der Waals surface area contributed by atoms with Crippen LogP contribution in [0.15, 0.2) is 0 Å². The second kappa shape index (κ2) is 45.8. The van der Waals surface area contributed by atoms with Crippen LogP contribution in [0, 0.1) is 23.7 Å². The SMILES string of the molecule is CC(C)C.COC[C@@H]1C[C@@H](O)CN1C(=O)CCCC(=O)NC(CCC(=O)CCCNC(=O)CCO[C@@H]1OC(CO)[C@H](O)[C@H](O)C1C)(CCC(=O)NCCCNC(=O)CCO[C@@H]1OC(CO)[C@H](O)[C@H](O)C1C)CCC(=O)NCCCNC(=O)CCO[C@@H]1OC(CO)[C@H](O)[C@H](O)C1C. The summed E-state index contributed by atoms with van der Waals surface area (Å²) in [6, 6.07) is -0.338. The van der Waals surface area contributed by atoms with Crippen molar-refractivity contribution in [1.82, 2.24) is 36.8 Å². The maximum absolute atomic E-state index is 14.0. The van der Waals surface area contributed by atoms with Gasteiger partial charge >= 0.3 is 0 Å². The first-order valence-corrected chi connectivity index (χ1v) is 34.0. The number of ketones is 1. The van der Waals surface area contributed by atoms with Gasteiger partial charge in [-0.1, -0.05) is 41.5 Å². The van der Waals surface area contributed by atoms with Gasteiger partial charge in [-0.2, -0.15) is 0 Å². The zero-order chi connectivity index (χ0) is 71.5. The number of methoxy groups -OCH3 is 1. The van der Waals surface area contributed by atoms with Crippen LogP contribution in [-0.4, -0.2) is 287 Å². The molecular weight excluding hydrogens is 1270 g/mol. The predicted molar refractivity (Wildman–Crippen MR) is 342 cm³/mol. The lowest BCUT2D eigenvalue weighted by Gasteiger charge is -2.40. The lowest BCUT2D eigenvalue weighted by atomic mass is 9.82. The second-order valence-corrected chi connectivity index (χ2v) is 26.1. The Hall–Kier alpha value is -4.72. The number of hydrogen-bond acceptors (Lipinski definition) is 25. The molecule has 0 aromatic rings. The molecule has 96 heavy (non-hydrogen) atoms. The molecule has 4 aliphatic rings. The Balaban J connectivity index is 0.00000583. The predicted octanol–water partition coefficient (Wildman–Crippen LogP) is -3.22. The number of aliphatic hydroxyl groups is 10. The van der Waals surface area contributed by atoms with Crippen molar-refractivity contribution < 1.29 is 123 Å². The Kier molecular flexibility index (Phi) is 40.8. The Morgan fingerprint density at radius 2 is 0.823 bits per heavy atom. The Labute approximate surface area is 563 Å². The van der Waals surface area contributed by atoms with Crippen molar-refractivity contribution in [2.75, 3.05) is 92.6 Å². The second-order valence-electron chi connectivity index (χ2n) is 26.1. The highest BCUT2D eigenvalue weighted by molar-refractivity contribution is 5.82. The fraction of sp³-hybridized carbons (Fsp3) is 0.875. The zero-order valence-electron chi connectivity index (χ0n) is 57.1. The van der Waals surface area contributed by atoms with E-state index in [1.54, 1.807) is 20.8 Å². The molecule has 32 heteroatoms. The van der Waals surface area contributed by atoms with Gasteiger partial charge in [-0.05, 0) is 57.3 Å². The minimum absolute atomic E-state index is 0.00509. The fourth-order valence-electron chi connectivity index (χ4n) is 11.3. The van der Waals surface area contributed by atoms with Crippen molar-refractivity contribution in [1.29, 1.82) is 0 Å². The number of nitrogens with zero attached hydrogens (tertiary/aromatic N) is 1. The molecule has 6 unspecified atom stereocenters. The first-order chi connectivity index (χ1) is 45.6. The van der Waals surface area contributed by atoms with Crippen LogP contribution in [0.1, 0.15) is 151 Å². The van der Waals surface area contributed by atoms with E-state index >= 15 is 0 Å². The summed E-state index contributed by atoms with van der Waals surface area (Å²) in [5.74, 6) is -4.18. The molecule has 0 aromatic carbocycles. The van der Waals surface area contributed by atoms with Crippen molar-refractivity contribution in [3.05, 3.63) is 0 Å². The average Bonchev–Trinajstić information content (AvgIpc) is 1.11. The number of likely N-dealkylation sites (tertiary alicyclic amines) is 1. The highest BCUT2D eigenvalue weighted by atomic mass is 16.7. The molecule has 0 aliphatic carbocycles. The molecule has 0 aromatic heterocycles. The normalized spacial score (nSPS) is 28.7. The molecule has 17 atom stereocenters. The largest absolute Gasteiger partial charge is 0.394 e. The van der Waals surface area contributed by atoms with Gasteiger partial charge in [0.2, 0.25) is 41.4 Å². The zero-order valence-corrected chi connectivity index (χ0v) is 57.1. The van der Waals surface area contributed by atoms with Crippen LogP contribution in [-0.2, 0) is 71.5 Å². The van der Waals surface area contributed by atoms with E-state index in [2.05, 4.69) is 52.7 Å². The van der Waals surface area contributed by atoms with E-state index in [1.807, 2.05) is 0 Å². The van der Waals surface area contributed by atoms with Gasteiger partial charge in [0.1, 0.15) is 42.4 Å². The summed E-state index contributed by atoms with van der Waals surface area (Å²) in [6.45, 7) is 10.4. The number of hydrogen-bond donors (Lipinski definition) is 16. The fourth-order valence-corrected chi connectivity index (χ4v) is 11.3. The molecular formula is C64H115N7O25. The van der Waals surface area contributed by atoms with E-state index in [-0.39, 0.29) is 185 Å². The third-order valence-electron chi connectivity index (χ3n) is 17.2. The average molecular weight is 1380 g/mol. The highest BCUT2D eigenvalue weighted by Gasteiger charge is 2.45. The van der Waals surface area contributed by atoms with E-state index < -0.39 is 147 Å². The van der Waals surface area contributed by atoms with Crippen molar-refractivity contribution in [2.24, 2.45) is 23.7 Å². The van der Waals surface area contributed by atoms with E-state index in [0.717, 1.165) is 5.92 Å². The van der Waals surface area contributed by atoms with Crippen LogP contribution >= 0.6 is 0 Å². The number of aliphatic hydroxyl groups excluding tert-OH is 10. The molecule has 0 bridgehead atoms. The smallest absolute Gasteiger partial charge is 0.223 e. The molecule has 0 saturated carbocycles. The van der Waals surface area contributed by atoms with Gasteiger partial charge in [-0.25, -0.2) is 0 Å². The van der Waals surface area contributed by atoms with Gasteiger partial charge in [0.15, 0.2) is 18.9 Å². The van der Waals surface area contributed by atoms with Crippen molar-refractivity contribution in [3.63, 3.8) is 0 Å². The summed E-state index contributed by atoms with van der Waals surface area (Å²) in [5, 5.41) is 117. The summed E-state index contributed by atoms with van der Waals surface area (Å²) in [5.41, 5.74) is -1.34. The van der Waals surface area contributed by atoms with Crippen LogP contribution in [0.25, 0.3) is 0 Å². The van der Waals surface area contributed by atoms with Gasteiger partial charge in [0.25, 0.3) is 0 Å². The highest BCUT2D eigenvalue weighted by Crippen LogP contribution is 2.31. The molecule has 556 valence electrons. The molecule has 32 nitrogen and oxygen atoms in total. The summed E-state index contributed by atoms with van der Waals surface area (Å²) < 4.78 is 38.7. The maximum atomic E-state index is 14.0. The van der Waals surface area contributed by atoms with Gasteiger partial charge < -0.3 is 121 Å². The van der Waals surface area contributed by atoms with E-state index in [1.165, 1.54) is 12.0 Å². The molecule has 4 aliphatic heterocycles. The lowest BCUT2D eigenvalue weighted by molar-refractivity contribution is -0.282. The van der Waals surface area contributed by atoms with E-state index in [4.69, 9.17) is 33.2 Å². The molecule has 0 spiro atoms. The number of ether oxygens (including phenoxy) is 7. The molecule has 4 heterocycles. The molecule has 0 radical (unpaired) electrons. The minimum Gasteiger partial charge on any atom is -0.394 e. The van der Waals surface area contributed by atoms with E-state index in [0.29, 0.717) is 19.3 Å².